The average molecular weight is 765 g/mol. The highest BCUT2D eigenvalue weighted by Gasteiger charge is 2.32. The molecule has 1 N–H and O–H groups in total. The molecule has 14 nitrogen and oxygen atoms in total. The van der Waals surface area contributed by atoms with Gasteiger partial charge >= 0.3 is 13.7 Å². The smallest absolute Gasteiger partial charge is 0.409 e. The summed E-state index contributed by atoms with van der Waals surface area (Å²) >= 11 is 0. The van der Waals surface area contributed by atoms with Gasteiger partial charge in [-0.1, -0.05) is 67.9 Å². The number of rotatable bonds is 17. The maximum Gasteiger partial charge on any atom is 0.409 e. The Morgan fingerprint density at radius 3 is 2.19 bits per heavy atom. The molecule has 0 aliphatic carbocycles. The summed E-state index contributed by atoms with van der Waals surface area (Å²) in [5, 5.41) is 3.00. The summed E-state index contributed by atoms with van der Waals surface area (Å²) in [6.07, 6.45) is 2.50. The maximum absolute atomic E-state index is 14.2. The number of carbonyl (C=O) groups is 3. The Kier molecular flexibility index (Phi) is 15.0. The molecule has 3 amide bonds. The van der Waals surface area contributed by atoms with Gasteiger partial charge in [0, 0.05) is 64.4 Å². The van der Waals surface area contributed by atoms with Crippen LogP contribution in [0.3, 0.4) is 0 Å². The van der Waals surface area contributed by atoms with E-state index in [9.17, 15) is 18.9 Å². The van der Waals surface area contributed by atoms with Crippen LogP contribution in [0.5, 0.6) is 0 Å². The van der Waals surface area contributed by atoms with Gasteiger partial charge in [-0.25, -0.2) is 14.8 Å². The van der Waals surface area contributed by atoms with Crippen molar-refractivity contribution in [1.82, 2.24) is 25.1 Å². The third-order valence-corrected chi connectivity index (χ3v) is 11.5. The molecule has 0 spiro atoms. The molecule has 3 aromatic rings. The number of methoxy groups -OCH3 is 1. The molecule has 5 rings (SSSR count). The number of amides is 3. The number of hydrogen-bond donors (Lipinski definition) is 1. The predicted octanol–water partition coefficient (Wildman–Crippen LogP) is 5.56. The molecule has 2 aliphatic rings. The fourth-order valence-corrected chi connectivity index (χ4v) is 8.18. The first-order valence-electron chi connectivity index (χ1n) is 18.8. The topological polar surface area (TPSA) is 153 Å². The van der Waals surface area contributed by atoms with Crippen molar-refractivity contribution in [3.8, 4) is 11.4 Å². The Labute approximate surface area is 318 Å². The zero-order valence-electron chi connectivity index (χ0n) is 31.8. The second-order valence-corrected chi connectivity index (χ2v) is 15.4. The fraction of sp³-hybridized carbons (Fsp3) is 0.513. The Bertz CT molecular complexity index is 1730. The molecular weight excluding hydrogens is 711 g/mol. The van der Waals surface area contributed by atoms with E-state index in [1.54, 1.807) is 36.8 Å². The summed E-state index contributed by atoms with van der Waals surface area (Å²) in [5.41, 5.74) is 2.44. The lowest BCUT2D eigenvalue weighted by Gasteiger charge is -2.36. The summed E-state index contributed by atoms with van der Waals surface area (Å²) in [6.45, 7) is 9.02. The molecule has 2 fully saturated rings. The van der Waals surface area contributed by atoms with Gasteiger partial charge in [-0.3, -0.25) is 14.2 Å². The maximum atomic E-state index is 14.2. The van der Waals surface area contributed by atoms with Crippen molar-refractivity contribution in [1.29, 1.82) is 0 Å². The van der Waals surface area contributed by atoms with E-state index in [0.29, 0.717) is 57.5 Å². The summed E-state index contributed by atoms with van der Waals surface area (Å²) in [4.78, 5) is 55.8. The van der Waals surface area contributed by atoms with Crippen molar-refractivity contribution in [2.75, 3.05) is 71.1 Å². The summed E-state index contributed by atoms with van der Waals surface area (Å²) in [5.74, 6) is 0.214. The van der Waals surface area contributed by atoms with Crippen LogP contribution in [0.4, 0.5) is 10.6 Å². The largest absolute Gasteiger partial charge is 0.449 e. The van der Waals surface area contributed by atoms with Gasteiger partial charge in [0.1, 0.15) is 17.6 Å². The zero-order chi connectivity index (χ0) is 38.5. The molecule has 2 aliphatic heterocycles. The molecule has 0 bridgehead atoms. The van der Waals surface area contributed by atoms with Crippen LogP contribution in [0.15, 0.2) is 60.7 Å². The minimum absolute atomic E-state index is 0.0507. The van der Waals surface area contributed by atoms with E-state index in [1.165, 1.54) is 0 Å². The second kappa shape index (κ2) is 19.8. The van der Waals surface area contributed by atoms with Gasteiger partial charge in [0.05, 0.1) is 32.1 Å². The van der Waals surface area contributed by atoms with Crippen LogP contribution in [0, 0.1) is 0 Å². The monoisotopic (exact) mass is 764 g/mol. The van der Waals surface area contributed by atoms with Crippen molar-refractivity contribution in [3.05, 3.63) is 77.5 Å². The summed E-state index contributed by atoms with van der Waals surface area (Å²) in [6, 6.07) is 17.5. The highest BCUT2D eigenvalue weighted by molar-refractivity contribution is 7.53. The first-order valence-corrected chi connectivity index (χ1v) is 20.6. The highest BCUT2D eigenvalue weighted by atomic mass is 31.2. The normalized spacial score (nSPS) is 16.7. The van der Waals surface area contributed by atoms with Crippen molar-refractivity contribution >= 4 is 31.3 Å². The predicted molar refractivity (Wildman–Crippen MR) is 205 cm³/mol. The van der Waals surface area contributed by atoms with Crippen LogP contribution >= 0.6 is 7.60 Å². The number of anilines is 1. The summed E-state index contributed by atoms with van der Waals surface area (Å²) < 4.78 is 35.1. The molecule has 0 saturated carbocycles. The van der Waals surface area contributed by atoms with Crippen LogP contribution in [-0.4, -0.2) is 116 Å². The van der Waals surface area contributed by atoms with Gasteiger partial charge in [0.2, 0.25) is 5.91 Å². The second-order valence-electron chi connectivity index (χ2n) is 13.3. The molecular formula is C39H53N6O8P. The molecule has 0 unspecified atom stereocenters. The zero-order valence-corrected chi connectivity index (χ0v) is 32.7. The average Bonchev–Trinajstić information content (AvgIpc) is 3.68. The van der Waals surface area contributed by atoms with Crippen molar-refractivity contribution in [2.45, 2.75) is 64.8 Å². The minimum atomic E-state index is -3.31. The highest BCUT2D eigenvalue weighted by Crippen LogP contribution is 2.51. The van der Waals surface area contributed by atoms with Gasteiger partial charge in [0.25, 0.3) is 5.91 Å². The van der Waals surface area contributed by atoms with Crippen molar-refractivity contribution < 1.29 is 37.5 Å². The lowest BCUT2D eigenvalue weighted by Crippen LogP contribution is -2.56. The van der Waals surface area contributed by atoms with Gasteiger partial charge in [-0.05, 0) is 37.8 Å². The van der Waals surface area contributed by atoms with Gasteiger partial charge in [-0.15, -0.1) is 0 Å². The van der Waals surface area contributed by atoms with E-state index in [4.69, 9.17) is 23.5 Å². The van der Waals surface area contributed by atoms with E-state index in [1.807, 2.05) is 61.5 Å². The number of piperazine rings is 1. The van der Waals surface area contributed by atoms with Crippen molar-refractivity contribution in [2.24, 2.45) is 0 Å². The first-order chi connectivity index (χ1) is 26.1. The third-order valence-electron chi connectivity index (χ3n) is 9.45. The lowest BCUT2D eigenvalue weighted by atomic mass is 10.0. The van der Waals surface area contributed by atoms with Gasteiger partial charge in [-0.2, -0.15) is 0 Å². The molecule has 292 valence electrons. The van der Waals surface area contributed by atoms with Crippen LogP contribution in [0.25, 0.3) is 11.4 Å². The number of aromatic nitrogens is 2. The van der Waals surface area contributed by atoms with E-state index in [-0.39, 0.29) is 49.6 Å². The third kappa shape index (κ3) is 11.1. The number of ether oxygens (including phenoxy) is 2. The summed E-state index contributed by atoms with van der Waals surface area (Å²) in [7, 11) is -1.63. The van der Waals surface area contributed by atoms with Crippen LogP contribution < -0.4 is 10.2 Å². The van der Waals surface area contributed by atoms with Crippen LogP contribution in [-0.2, 0) is 40.5 Å². The molecule has 0 radical (unpaired) electrons. The Morgan fingerprint density at radius 1 is 0.889 bits per heavy atom. The molecule has 1 aromatic heterocycles. The Morgan fingerprint density at radius 2 is 1.56 bits per heavy atom. The number of unbranched alkanes of at least 4 members (excludes halogenated alkanes) is 1. The van der Waals surface area contributed by atoms with Crippen LogP contribution in [0.2, 0.25) is 0 Å². The molecule has 15 heteroatoms. The first kappa shape index (κ1) is 40.8. The number of hydrogen-bond acceptors (Lipinski definition) is 11. The minimum Gasteiger partial charge on any atom is -0.449 e. The lowest BCUT2D eigenvalue weighted by molar-refractivity contribution is -0.134. The number of carbonyl (C=O) groups excluding carboxylic acids is 3. The van der Waals surface area contributed by atoms with E-state index in [2.05, 4.69) is 15.2 Å². The van der Waals surface area contributed by atoms with Crippen molar-refractivity contribution in [3.63, 3.8) is 0 Å². The number of nitrogens with zero attached hydrogens (tertiary/aromatic N) is 5. The molecule has 2 aromatic carbocycles. The fourth-order valence-electron chi connectivity index (χ4n) is 6.48. The molecule has 54 heavy (non-hydrogen) atoms. The van der Waals surface area contributed by atoms with Gasteiger partial charge in [0.15, 0.2) is 5.82 Å². The Hall–Kier alpha value is -4.36. The standard InChI is InChI=1S/C39H53N6O8P/c1-5-8-24-51-39(48)44-22-20-43(21-23-44)38(47)34(25-29-14-16-30(17-15-29)28-54(49,52-6-2)53-7-3)41-37(46)33-26-35(45-19-18-32(27-45)50-4)42-36(40-33)31-12-10-9-11-13-31/h9-17,26,32,34H,5-8,18-25,27-28H2,1-4H3,(H,41,46)/t32-,34-/m0/s1. The van der Waals surface area contributed by atoms with Crippen LogP contribution in [0.1, 0.15) is 61.6 Å². The van der Waals surface area contributed by atoms with E-state index >= 15 is 0 Å². The molecule has 2 saturated heterocycles. The van der Waals surface area contributed by atoms with Gasteiger partial charge < -0.3 is 38.5 Å². The SMILES string of the molecule is CCCCOC(=O)N1CCN(C(=O)[C@H](Cc2ccc(CP(=O)(OCC)OCC)cc2)NC(=O)c2cc(N3CC[C@H](OC)C3)nc(-c3ccccc3)n2)CC1. The van der Waals surface area contributed by atoms with E-state index < -0.39 is 19.5 Å². The van der Waals surface area contributed by atoms with E-state index in [0.717, 1.165) is 36.0 Å². The quantitative estimate of drug-likeness (QED) is 0.136. The molecule has 3 heterocycles. The molecule has 2 atom stereocenters. The Balaban J connectivity index is 1.38. The number of nitrogens with one attached hydrogen (secondary N) is 1. The number of benzene rings is 2.